The summed E-state index contributed by atoms with van der Waals surface area (Å²) in [5.41, 5.74) is 5.49. The standard InChI is InChI=1S/C18H22N2O9.ClH/c1-9(21)26-8-13-15(27-10(2)22)16(28-11(3)23)18(29-13)20-7-12(17(19)24)5-6-14(20)25-4;/h5-7,13,15-16,18H,8H2,1-4H3,(H-,19,24);1H/t13-,15-,16-,18-;/m1./s1. The van der Waals surface area contributed by atoms with E-state index in [1.54, 1.807) is 0 Å². The highest BCUT2D eigenvalue weighted by Gasteiger charge is 2.55. The Morgan fingerprint density at radius 2 is 1.63 bits per heavy atom. The first kappa shape index (κ1) is 25.1. The number of primary amides is 1. The van der Waals surface area contributed by atoms with Gasteiger partial charge >= 0.3 is 30.0 Å². The molecule has 0 saturated carbocycles. The van der Waals surface area contributed by atoms with Crippen LogP contribution in [0.5, 0.6) is 5.88 Å². The van der Waals surface area contributed by atoms with E-state index in [9.17, 15) is 19.2 Å². The van der Waals surface area contributed by atoms with Gasteiger partial charge in [-0.1, -0.05) is 0 Å². The first-order valence-electron chi connectivity index (χ1n) is 8.66. The second kappa shape index (κ2) is 10.7. The zero-order chi connectivity index (χ0) is 21.7. The van der Waals surface area contributed by atoms with Crippen molar-refractivity contribution in [2.75, 3.05) is 13.7 Å². The van der Waals surface area contributed by atoms with E-state index in [-0.39, 0.29) is 30.5 Å². The molecule has 1 fully saturated rings. The summed E-state index contributed by atoms with van der Waals surface area (Å²) in [6.45, 7) is 3.33. The number of pyridine rings is 1. The number of hydrogen-bond donors (Lipinski definition) is 1. The Morgan fingerprint density at radius 3 is 2.13 bits per heavy atom. The third kappa shape index (κ3) is 6.04. The van der Waals surface area contributed by atoms with Gasteiger partial charge in [-0.15, -0.1) is 4.57 Å². The number of carbonyl (C=O) groups excluding carboxylic acids is 4. The smallest absolute Gasteiger partial charge is 0.369 e. The summed E-state index contributed by atoms with van der Waals surface area (Å²) in [6, 6.07) is 2.93. The topological polar surface area (TPSA) is 144 Å². The van der Waals surface area contributed by atoms with Crippen LogP contribution in [0.1, 0.15) is 37.4 Å². The molecule has 12 heteroatoms. The maximum atomic E-state index is 11.7. The van der Waals surface area contributed by atoms with Gasteiger partial charge in [0.15, 0.2) is 12.3 Å². The number of hydrogen-bond acceptors (Lipinski definition) is 9. The minimum absolute atomic E-state index is 0. The number of carbonyl (C=O) groups is 4. The third-order valence-corrected chi connectivity index (χ3v) is 4.05. The van der Waals surface area contributed by atoms with Crippen LogP contribution in [0.2, 0.25) is 0 Å². The molecular weight excluding hydrogens is 424 g/mol. The van der Waals surface area contributed by atoms with E-state index in [4.69, 9.17) is 29.4 Å². The van der Waals surface area contributed by atoms with Crippen LogP contribution < -0.4 is 27.4 Å². The molecule has 1 aliphatic heterocycles. The maximum absolute atomic E-state index is 11.7. The van der Waals surface area contributed by atoms with E-state index >= 15 is 0 Å². The molecule has 166 valence electrons. The number of amides is 1. The fraction of sp³-hybridized carbons (Fsp3) is 0.500. The second-order valence-electron chi connectivity index (χ2n) is 6.25. The molecule has 1 aliphatic rings. The van der Waals surface area contributed by atoms with Crippen LogP contribution in [0, 0.1) is 0 Å². The largest absolute Gasteiger partial charge is 1.00 e. The molecule has 0 unspecified atom stereocenters. The maximum Gasteiger partial charge on any atom is 0.369 e. The van der Waals surface area contributed by atoms with Crippen molar-refractivity contribution in [1.29, 1.82) is 0 Å². The number of esters is 3. The molecule has 0 aromatic carbocycles. The average Bonchev–Trinajstić information content (AvgIpc) is 2.95. The van der Waals surface area contributed by atoms with Crippen molar-refractivity contribution < 1.29 is 59.8 Å². The first-order chi connectivity index (χ1) is 13.6. The van der Waals surface area contributed by atoms with Gasteiger partial charge in [-0.3, -0.25) is 19.2 Å². The van der Waals surface area contributed by atoms with Crippen molar-refractivity contribution in [3.63, 3.8) is 0 Å². The molecule has 0 aliphatic carbocycles. The minimum atomic E-state index is -1.11. The summed E-state index contributed by atoms with van der Waals surface area (Å²) in [7, 11) is 1.39. The van der Waals surface area contributed by atoms with Gasteiger partial charge in [0.05, 0.1) is 13.2 Å². The second-order valence-corrected chi connectivity index (χ2v) is 6.25. The zero-order valence-electron chi connectivity index (χ0n) is 16.8. The summed E-state index contributed by atoms with van der Waals surface area (Å²) >= 11 is 0. The SMILES string of the molecule is COc1ccc(C(N)=O)c[n+]1[C@@H]1O[C@H](COC(C)=O)[C@@H](OC(C)=O)[C@H]1OC(C)=O.[Cl-]. The van der Waals surface area contributed by atoms with Gasteiger partial charge < -0.3 is 41.8 Å². The number of aromatic nitrogens is 1. The number of rotatable bonds is 7. The minimum Gasteiger partial charge on any atom is -1.00 e. The van der Waals surface area contributed by atoms with E-state index in [1.165, 1.54) is 50.8 Å². The van der Waals surface area contributed by atoms with Gasteiger partial charge in [-0.2, -0.15) is 0 Å². The molecule has 30 heavy (non-hydrogen) atoms. The van der Waals surface area contributed by atoms with E-state index in [2.05, 4.69) is 0 Å². The highest BCUT2D eigenvalue weighted by molar-refractivity contribution is 5.92. The Balaban J connectivity index is 0.00000450. The molecule has 11 nitrogen and oxygen atoms in total. The highest BCUT2D eigenvalue weighted by atomic mass is 35.5. The Bertz CT molecular complexity index is 817. The summed E-state index contributed by atoms with van der Waals surface area (Å²) < 4.78 is 28.2. The Hall–Kier alpha value is -2.92. The molecule has 0 bridgehead atoms. The normalized spacial score (nSPS) is 22.4. The molecule has 2 heterocycles. The molecule has 4 atom stereocenters. The molecule has 2 N–H and O–H groups in total. The van der Waals surface area contributed by atoms with Crippen molar-refractivity contribution in [3.05, 3.63) is 23.9 Å². The lowest BCUT2D eigenvalue weighted by Gasteiger charge is -2.21. The number of methoxy groups -OCH3 is 1. The van der Waals surface area contributed by atoms with E-state index < -0.39 is 48.4 Å². The predicted molar refractivity (Wildman–Crippen MR) is 93.4 cm³/mol. The lowest BCUT2D eigenvalue weighted by molar-refractivity contribution is -0.768. The molecule has 0 spiro atoms. The van der Waals surface area contributed by atoms with Crippen LogP contribution >= 0.6 is 0 Å². The monoisotopic (exact) mass is 446 g/mol. The lowest BCUT2D eigenvalue weighted by atomic mass is 10.1. The molecule has 1 saturated heterocycles. The summed E-state index contributed by atoms with van der Waals surface area (Å²) in [6.07, 6.45) is -2.82. The third-order valence-electron chi connectivity index (χ3n) is 4.05. The van der Waals surface area contributed by atoms with Crippen molar-refractivity contribution in [3.8, 4) is 5.88 Å². The number of nitrogens with zero attached hydrogens (tertiary/aromatic N) is 1. The van der Waals surface area contributed by atoms with Crippen LogP contribution in [0.4, 0.5) is 0 Å². The quantitative estimate of drug-likeness (QED) is 0.255. The van der Waals surface area contributed by atoms with Crippen LogP contribution in [-0.2, 0) is 33.3 Å². The molecule has 0 radical (unpaired) electrons. The Morgan fingerprint density at radius 1 is 1.03 bits per heavy atom. The summed E-state index contributed by atoms with van der Waals surface area (Å²) in [5, 5.41) is 0. The molecule has 1 aromatic rings. The Labute approximate surface area is 178 Å². The van der Waals surface area contributed by atoms with Crippen LogP contribution in [0.25, 0.3) is 0 Å². The van der Waals surface area contributed by atoms with Crippen molar-refractivity contribution in [1.82, 2.24) is 0 Å². The van der Waals surface area contributed by atoms with E-state index in [1.807, 2.05) is 0 Å². The average molecular weight is 447 g/mol. The van der Waals surface area contributed by atoms with Crippen molar-refractivity contribution in [2.45, 2.75) is 45.3 Å². The number of ether oxygens (including phenoxy) is 5. The predicted octanol–water partition coefficient (Wildman–Crippen LogP) is -3.59. The fourth-order valence-electron chi connectivity index (χ4n) is 2.94. The first-order valence-corrected chi connectivity index (χ1v) is 8.66. The highest BCUT2D eigenvalue weighted by Crippen LogP contribution is 2.32. The van der Waals surface area contributed by atoms with Crippen LogP contribution in [-0.4, -0.2) is 55.8 Å². The zero-order valence-corrected chi connectivity index (χ0v) is 17.6. The van der Waals surface area contributed by atoms with Crippen molar-refractivity contribution in [2.24, 2.45) is 5.73 Å². The number of nitrogens with two attached hydrogens (primary N) is 1. The molecule has 1 aromatic heterocycles. The summed E-state index contributed by atoms with van der Waals surface area (Å²) in [4.78, 5) is 46.1. The van der Waals surface area contributed by atoms with Gasteiger partial charge in [0.1, 0.15) is 18.3 Å². The molecule has 1 amide bonds. The van der Waals surface area contributed by atoms with Gasteiger partial charge in [-0.25, -0.2) is 0 Å². The Kier molecular flexibility index (Phi) is 8.99. The van der Waals surface area contributed by atoms with Gasteiger partial charge in [0.25, 0.3) is 5.91 Å². The van der Waals surface area contributed by atoms with E-state index in [0.29, 0.717) is 0 Å². The lowest BCUT2D eigenvalue weighted by Crippen LogP contribution is -3.00. The summed E-state index contributed by atoms with van der Waals surface area (Å²) in [5.74, 6) is -2.31. The van der Waals surface area contributed by atoms with Gasteiger partial charge in [0, 0.05) is 20.8 Å². The van der Waals surface area contributed by atoms with E-state index in [0.717, 1.165) is 0 Å². The fourth-order valence-corrected chi connectivity index (χ4v) is 2.94. The van der Waals surface area contributed by atoms with Gasteiger partial charge in [-0.05, 0) is 6.07 Å². The number of halogens is 1. The van der Waals surface area contributed by atoms with Crippen LogP contribution in [0.15, 0.2) is 18.3 Å². The molecule has 2 rings (SSSR count). The van der Waals surface area contributed by atoms with Gasteiger partial charge in [0.2, 0.25) is 6.10 Å². The molecular formula is C18H23ClN2O9. The van der Waals surface area contributed by atoms with Crippen molar-refractivity contribution >= 4 is 23.8 Å². The van der Waals surface area contributed by atoms with Crippen LogP contribution in [0.3, 0.4) is 0 Å².